The van der Waals surface area contributed by atoms with Gasteiger partial charge >= 0.3 is 0 Å². The quantitative estimate of drug-likeness (QED) is 0.397. The van der Waals surface area contributed by atoms with E-state index in [4.69, 9.17) is 0 Å². The van der Waals surface area contributed by atoms with Crippen LogP contribution in [-0.2, 0) is 6.54 Å². The van der Waals surface area contributed by atoms with Gasteiger partial charge in [-0.05, 0) is 43.0 Å². The summed E-state index contributed by atoms with van der Waals surface area (Å²) in [6, 6.07) is 9.83. The van der Waals surface area contributed by atoms with Crippen molar-refractivity contribution in [1.29, 1.82) is 0 Å². The number of halogens is 2. The summed E-state index contributed by atoms with van der Waals surface area (Å²) in [5.41, 5.74) is 0.523. The summed E-state index contributed by atoms with van der Waals surface area (Å²) < 4.78 is 30.7. The second-order valence-corrected chi connectivity index (χ2v) is 9.84. The van der Waals surface area contributed by atoms with Gasteiger partial charge in [0.05, 0.1) is 17.6 Å². The molecular weight excluding hydrogens is 506 g/mol. The summed E-state index contributed by atoms with van der Waals surface area (Å²) in [5, 5.41) is 15.9. The van der Waals surface area contributed by atoms with Gasteiger partial charge in [0.25, 0.3) is 11.5 Å². The highest BCUT2D eigenvalue weighted by molar-refractivity contribution is 5.96. The number of rotatable bonds is 6. The predicted octanol–water partition coefficient (Wildman–Crippen LogP) is 4.25. The lowest BCUT2D eigenvalue weighted by Crippen LogP contribution is -2.34. The highest BCUT2D eigenvalue weighted by Gasteiger charge is 2.34. The number of pyridine rings is 1. The SMILES string of the molecule is CCn1ccc(-c2nc(=O)c(C(=O)N3CCC(c4ncc(F)cc4F)C3)c(O)n2-c2cccc(C(C)C)c2)n1. The average Bonchev–Trinajstić information content (AvgIpc) is 3.59. The number of amides is 1. The Morgan fingerprint density at radius 2 is 2.00 bits per heavy atom. The zero-order valence-corrected chi connectivity index (χ0v) is 21.8. The molecule has 1 unspecified atom stereocenters. The van der Waals surface area contributed by atoms with Gasteiger partial charge in [-0.25, -0.2) is 8.78 Å². The second kappa shape index (κ2) is 10.4. The third-order valence-corrected chi connectivity index (χ3v) is 6.97. The fourth-order valence-corrected chi connectivity index (χ4v) is 4.85. The molecule has 1 aromatic carbocycles. The van der Waals surface area contributed by atoms with Crippen molar-refractivity contribution in [2.24, 2.45) is 0 Å². The first-order chi connectivity index (χ1) is 18.7. The van der Waals surface area contributed by atoms with Crippen LogP contribution in [0.2, 0.25) is 0 Å². The summed E-state index contributed by atoms with van der Waals surface area (Å²) in [5.74, 6) is -3.06. The van der Waals surface area contributed by atoms with Gasteiger partial charge in [-0.2, -0.15) is 10.1 Å². The Morgan fingerprint density at radius 3 is 2.69 bits per heavy atom. The van der Waals surface area contributed by atoms with Crippen molar-refractivity contribution in [2.45, 2.75) is 45.6 Å². The molecule has 1 amide bonds. The van der Waals surface area contributed by atoms with Crippen LogP contribution in [0.15, 0.2) is 53.6 Å². The largest absolute Gasteiger partial charge is 0.493 e. The van der Waals surface area contributed by atoms with Crippen LogP contribution in [0.4, 0.5) is 8.78 Å². The monoisotopic (exact) mass is 534 g/mol. The normalized spacial score (nSPS) is 15.3. The van der Waals surface area contributed by atoms with Crippen molar-refractivity contribution >= 4 is 5.91 Å². The molecule has 1 aliphatic heterocycles. The maximum Gasteiger partial charge on any atom is 0.290 e. The number of aromatic hydroxyl groups is 1. The maximum atomic E-state index is 14.3. The number of aryl methyl sites for hydroxylation is 1. The van der Waals surface area contributed by atoms with Crippen LogP contribution in [0.25, 0.3) is 17.2 Å². The van der Waals surface area contributed by atoms with E-state index in [0.717, 1.165) is 17.8 Å². The molecule has 1 N–H and O–H groups in total. The zero-order valence-electron chi connectivity index (χ0n) is 21.8. The highest BCUT2D eigenvalue weighted by atomic mass is 19.1. The third-order valence-electron chi connectivity index (χ3n) is 6.97. The van der Waals surface area contributed by atoms with E-state index >= 15 is 0 Å². The van der Waals surface area contributed by atoms with E-state index in [0.29, 0.717) is 24.3 Å². The molecule has 0 bridgehead atoms. The van der Waals surface area contributed by atoms with E-state index < -0.39 is 40.5 Å². The summed E-state index contributed by atoms with van der Waals surface area (Å²) >= 11 is 0. The van der Waals surface area contributed by atoms with Crippen molar-refractivity contribution in [2.75, 3.05) is 13.1 Å². The van der Waals surface area contributed by atoms with Gasteiger partial charge in [0, 0.05) is 37.8 Å². The second-order valence-electron chi connectivity index (χ2n) is 9.84. The van der Waals surface area contributed by atoms with Gasteiger partial charge < -0.3 is 10.0 Å². The molecule has 3 aromatic heterocycles. The van der Waals surface area contributed by atoms with Crippen molar-refractivity contribution in [1.82, 2.24) is 29.2 Å². The minimum absolute atomic E-state index is 0.0543. The van der Waals surface area contributed by atoms with Gasteiger partial charge in [0.2, 0.25) is 5.88 Å². The topological polar surface area (TPSA) is 106 Å². The molecule has 1 atom stereocenters. The van der Waals surface area contributed by atoms with Gasteiger partial charge in [0.1, 0.15) is 17.3 Å². The molecule has 0 radical (unpaired) electrons. The van der Waals surface area contributed by atoms with E-state index in [2.05, 4.69) is 15.1 Å². The average molecular weight is 535 g/mol. The zero-order chi connectivity index (χ0) is 27.8. The first kappa shape index (κ1) is 26.2. The number of benzene rings is 1. The van der Waals surface area contributed by atoms with Crippen LogP contribution in [0.5, 0.6) is 5.88 Å². The Labute approximate surface area is 223 Å². The number of hydrogen-bond acceptors (Lipinski definition) is 6. The van der Waals surface area contributed by atoms with Crippen molar-refractivity contribution in [3.63, 3.8) is 0 Å². The summed E-state index contributed by atoms with van der Waals surface area (Å²) in [7, 11) is 0. The lowest BCUT2D eigenvalue weighted by molar-refractivity contribution is 0.0784. The molecule has 4 heterocycles. The van der Waals surface area contributed by atoms with E-state index in [9.17, 15) is 23.5 Å². The third kappa shape index (κ3) is 4.91. The van der Waals surface area contributed by atoms with E-state index in [1.807, 2.05) is 39.0 Å². The molecule has 11 heteroatoms. The molecule has 1 aliphatic rings. The first-order valence-electron chi connectivity index (χ1n) is 12.8. The molecular formula is C28H28F2N6O3. The molecule has 0 saturated carbocycles. The van der Waals surface area contributed by atoms with Crippen LogP contribution >= 0.6 is 0 Å². The smallest absolute Gasteiger partial charge is 0.290 e. The van der Waals surface area contributed by atoms with Gasteiger partial charge in [-0.3, -0.25) is 23.8 Å². The number of hydrogen-bond donors (Lipinski definition) is 1. The van der Waals surface area contributed by atoms with Crippen molar-refractivity contribution in [3.8, 4) is 23.1 Å². The minimum atomic E-state index is -0.899. The molecule has 4 aromatic rings. The number of carbonyl (C=O) groups is 1. The Morgan fingerprint density at radius 1 is 1.21 bits per heavy atom. The summed E-state index contributed by atoms with van der Waals surface area (Å²) in [4.78, 5) is 36.2. The molecule has 0 aliphatic carbocycles. The summed E-state index contributed by atoms with van der Waals surface area (Å²) in [6.07, 6.45) is 3.03. The van der Waals surface area contributed by atoms with Crippen LogP contribution in [0.1, 0.15) is 60.6 Å². The van der Waals surface area contributed by atoms with Crippen molar-refractivity contribution in [3.05, 3.63) is 87.6 Å². The molecule has 39 heavy (non-hydrogen) atoms. The highest BCUT2D eigenvalue weighted by Crippen LogP contribution is 2.32. The Kier molecular flexibility index (Phi) is 6.98. The predicted molar refractivity (Wildman–Crippen MR) is 140 cm³/mol. The van der Waals surface area contributed by atoms with Gasteiger partial charge in [-0.1, -0.05) is 26.0 Å². The van der Waals surface area contributed by atoms with Gasteiger partial charge in [0.15, 0.2) is 11.4 Å². The maximum absolute atomic E-state index is 14.3. The number of carbonyl (C=O) groups excluding carboxylic acids is 1. The molecule has 9 nitrogen and oxygen atoms in total. The number of likely N-dealkylation sites (tertiary alicyclic amines) is 1. The van der Waals surface area contributed by atoms with E-state index in [1.54, 1.807) is 23.0 Å². The van der Waals surface area contributed by atoms with Crippen LogP contribution in [0.3, 0.4) is 0 Å². The van der Waals surface area contributed by atoms with Crippen LogP contribution in [-0.4, -0.2) is 53.3 Å². The lowest BCUT2D eigenvalue weighted by Gasteiger charge is -2.20. The first-order valence-corrected chi connectivity index (χ1v) is 12.8. The Balaban J connectivity index is 1.59. The molecule has 202 valence electrons. The summed E-state index contributed by atoms with van der Waals surface area (Å²) in [6.45, 7) is 6.83. The molecule has 1 saturated heterocycles. The fraction of sp³-hybridized carbons (Fsp3) is 0.321. The Hall–Kier alpha value is -4.41. The van der Waals surface area contributed by atoms with Crippen LogP contribution in [0, 0.1) is 11.6 Å². The van der Waals surface area contributed by atoms with Crippen molar-refractivity contribution < 1.29 is 18.7 Å². The fourth-order valence-electron chi connectivity index (χ4n) is 4.85. The van der Waals surface area contributed by atoms with E-state index in [-0.39, 0.29) is 30.5 Å². The van der Waals surface area contributed by atoms with Crippen LogP contribution < -0.4 is 5.56 Å². The number of nitrogens with zero attached hydrogens (tertiary/aromatic N) is 6. The lowest BCUT2D eigenvalue weighted by atomic mass is 10.0. The van der Waals surface area contributed by atoms with Gasteiger partial charge in [-0.15, -0.1) is 0 Å². The molecule has 0 spiro atoms. The molecule has 5 rings (SSSR count). The van der Waals surface area contributed by atoms with E-state index in [1.165, 1.54) is 9.47 Å². The number of aromatic nitrogens is 5. The Bertz CT molecular complexity index is 1610. The minimum Gasteiger partial charge on any atom is -0.493 e. The standard InChI is InChI=1S/C28H28F2N6O3/c1-4-35-11-9-22(33-35)25-32-26(37)23(28(39)36(25)20-7-5-6-17(12-20)16(2)3)27(38)34-10-8-18(15-34)24-21(30)13-19(29)14-31-24/h5-7,9,11-14,16,18,39H,4,8,10,15H2,1-3H3. The molecule has 1 fully saturated rings.